The molecule has 3 aromatic carbocycles. The van der Waals surface area contributed by atoms with E-state index in [0.717, 1.165) is 103 Å². The molecule has 0 bridgehead atoms. The minimum absolute atomic E-state index is 0.428. The summed E-state index contributed by atoms with van der Waals surface area (Å²) in [7, 11) is 0.740. The highest BCUT2D eigenvalue weighted by atomic mass is 28.4. The van der Waals surface area contributed by atoms with Gasteiger partial charge in [0.15, 0.2) is 0 Å². The van der Waals surface area contributed by atoms with Crippen molar-refractivity contribution in [1.82, 2.24) is 15.5 Å². The Morgan fingerprint density at radius 2 is 0.713 bits per heavy atom. The van der Waals surface area contributed by atoms with Crippen LogP contribution >= 0.6 is 0 Å². The number of hydrogen-bond donors (Lipinski definition) is 9. The first-order valence-electron chi connectivity index (χ1n) is 41.3. The van der Waals surface area contributed by atoms with Gasteiger partial charge >= 0.3 is 8.80 Å². The Morgan fingerprint density at radius 1 is 0.389 bits per heavy atom. The molecule has 108 heavy (non-hydrogen) atoms. The van der Waals surface area contributed by atoms with Gasteiger partial charge < -0.3 is 82.7 Å². The summed E-state index contributed by atoms with van der Waals surface area (Å²) in [5, 5.41) is 13.0. The first-order chi connectivity index (χ1) is 49.6. The zero-order chi connectivity index (χ0) is 84.8. The van der Waals surface area contributed by atoms with Gasteiger partial charge in [-0.25, -0.2) is 0 Å². The van der Waals surface area contributed by atoms with Gasteiger partial charge in [0.25, 0.3) is 0 Å². The maximum absolute atomic E-state index is 5.59. The van der Waals surface area contributed by atoms with E-state index in [9.17, 15) is 0 Å². The summed E-state index contributed by atoms with van der Waals surface area (Å²) >= 11 is 0. The van der Waals surface area contributed by atoms with Crippen molar-refractivity contribution in [1.29, 1.82) is 0 Å². The SMILES string of the molecule is CN(C)CCC[Si](C)(C)C.CO[Si](CCCN)(OC)OC.COc1ccc([Si](C)(C)C)cc1.C[Si](C)(C)CCCN.C[Si](C)(C)CCCN.C[Si](C)(C)CCCNCCN.C[Si](C)(C)CCCNCCN.C[Si](C)(C)CCCNc1ccccc1.C[Si](C)(C)CCCOCC1CO1.C[Si](C)(C)c1ccc(N)cc1. The van der Waals surface area contributed by atoms with Gasteiger partial charge in [0.05, 0.1) is 36.5 Å². The summed E-state index contributed by atoms with van der Waals surface area (Å²) in [5.41, 5.74) is 34.4. The largest absolute Gasteiger partial charge is 0.500 e. The Bertz CT molecular complexity index is 2350. The van der Waals surface area contributed by atoms with E-state index in [0.29, 0.717) is 12.6 Å². The van der Waals surface area contributed by atoms with E-state index in [1.807, 2.05) is 30.3 Å². The van der Waals surface area contributed by atoms with Crippen LogP contribution < -0.4 is 65.5 Å². The summed E-state index contributed by atoms with van der Waals surface area (Å²) in [6.07, 6.45) is 10.3. The Labute approximate surface area is 682 Å². The topological polar surface area (TPSA) is 254 Å². The fourth-order valence-corrected chi connectivity index (χ4v) is 22.3. The predicted molar refractivity (Wildman–Crippen MR) is 520 cm³/mol. The molecule has 0 saturated carbocycles. The maximum Gasteiger partial charge on any atom is 0.500 e. The highest BCUT2D eigenvalue weighted by Gasteiger charge is 2.36. The van der Waals surface area contributed by atoms with Gasteiger partial charge in [0.2, 0.25) is 0 Å². The highest BCUT2D eigenvalue weighted by molar-refractivity contribution is 6.89. The molecule has 0 amide bonds. The van der Waals surface area contributed by atoms with Crippen molar-refractivity contribution in [2.75, 3.05) is 145 Å². The lowest BCUT2D eigenvalue weighted by atomic mass is 10.3. The number of epoxide rings is 1. The maximum atomic E-state index is 5.59. The van der Waals surface area contributed by atoms with Crippen LogP contribution in [0.1, 0.15) is 51.4 Å². The molecule has 26 heteroatoms. The number of para-hydroxylation sites is 1. The summed E-state index contributed by atoms with van der Waals surface area (Å²) in [6, 6.07) is 37.7. The third-order valence-corrected chi connectivity index (χ3v) is 36.4. The minimum Gasteiger partial charge on any atom is -0.497 e. The molecule has 4 rings (SSSR count). The number of hydrogen-bond acceptors (Lipinski definition) is 16. The number of nitrogens with one attached hydrogen (secondary N) is 3. The molecule has 1 fully saturated rings. The van der Waals surface area contributed by atoms with Crippen LogP contribution in [0, 0.1) is 0 Å². The van der Waals surface area contributed by atoms with Gasteiger partial charge in [-0.2, -0.15) is 0 Å². The summed E-state index contributed by atoms with van der Waals surface area (Å²) in [5.74, 6) is 0.942. The van der Waals surface area contributed by atoms with Crippen molar-refractivity contribution in [2.45, 2.75) is 283 Å². The average Bonchev–Trinajstić information content (AvgIpc) is 1.35. The van der Waals surface area contributed by atoms with Crippen molar-refractivity contribution in [3.63, 3.8) is 0 Å². The Morgan fingerprint density at radius 3 is 1.01 bits per heavy atom. The quantitative estimate of drug-likeness (QED) is 0.0111. The fraction of sp³-hybridized carbons (Fsp3) is 0.780. The number of methoxy groups -OCH3 is 1. The van der Waals surface area contributed by atoms with Crippen molar-refractivity contribution in [3.05, 3.63) is 78.9 Å². The lowest BCUT2D eigenvalue weighted by Gasteiger charge is -2.23. The normalized spacial score (nSPS) is 13.0. The molecule has 15 N–H and O–H groups in total. The molecule has 16 nitrogen and oxygen atoms in total. The second-order valence-electron chi connectivity index (χ2n) is 39.5. The standard InChI is InChI=1S/C12H21NSi.C10H16OSi.C9H15NSi.C9H20O2Si.2C8H22N2Si.C8H21NSi.C6H17NO3Si.2C6H17NSi/c1-14(2,3)11-7-10-13-12-8-5-4-6-9-12;1-11-9-5-7-10(8-6-9)12(2,3)4;1-11(2,3)9-6-4-8(10)5-7-9;1-12(2,3)6-4-5-10-7-9-8-11-9;2*1-11(2,3)8-4-6-10-7-5-9;1-9(2)7-6-8-10(3,4)5;1-8-11(9-2,10-3)6-4-5-7;2*1-8(2,3)6-4-5-7/h4-6,8-9,13H,7,10-11H2,1-3H3;5-8H,1-4H3;4-7H,10H2,1-3H3;9H,4-8H2,1-3H3;2*10H,4-9H2,1-3H3;6-8H2,1-5H3;4-7H2,1-3H3;2*4-7H2,1-3H3. The van der Waals surface area contributed by atoms with Gasteiger partial charge in [-0.1, -0.05) is 272 Å². The molecular formula is C82H188N10O6Si10. The van der Waals surface area contributed by atoms with E-state index in [2.05, 4.69) is 260 Å². The van der Waals surface area contributed by atoms with Crippen LogP contribution in [0.2, 0.25) is 225 Å². The second kappa shape index (κ2) is 66.8. The number of nitrogen functional groups attached to an aromatic ring is 1. The molecular weight excluding hydrogens is 1500 g/mol. The zero-order valence-electron chi connectivity index (χ0n) is 77.7. The average molecular weight is 1690 g/mol. The molecule has 1 aliphatic rings. The van der Waals surface area contributed by atoms with Crippen LogP contribution in [0.5, 0.6) is 5.75 Å². The molecule has 0 aliphatic carbocycles. The van der Waals surface area contributed by atoms with Gasteiger partial charge in [-0.15, -0.1) is 0 Å². The van der Waals surface area contributed by atoms with Gasteiger partial charge in [0, 0.05) is 135 Å². The van der Waals surface area contributed by atoms with Crippen molar-refractivity contribution in [2.24, 2.45) is 28.7 Å². The van der Waals surface area contributed by atoms with Crippen LogP contribution in [0.4, 0.5) is 11.4 Å². The fourth-order valence-electron chi connectivity index (χ4n) is 9.57. The molecule has 0 radical (unpaired) electrons. The lowest BCUT2D eigenvalue weighted by molar-refractivity contribution is 0.117. The highest BCUT2D eigenvalue weighted by Crippen LogP contribution is 2.18. The Hall–Kier alpha value is -1.29. The van der Waals surface area contributed by atoms with Crippen molar-refractivity contribution >= 4 is 103 Å². The number of nitrogens with two attached hydrogens (primary N) is 6. The monoisotopic (exact) mass is 1690 g/mol. The molecule has 1 heterocycles. The molecule has 3 aromatic rings. The van der Waals surface area contributed by atoms with Gasteiger partial charge in [-0.05, 0) is 141 Å². The van der Waals surface area contributed by atoms with Crippen LogP contribution in [0.25, 0.3) is 0 Å². The van der Waals surface area contributed by atoms with E-state index in [1.165, 1.54) is 110 Å². The third kappa shape index (κ3) is 97.1. The van der Waals surface area contributed by atoms with Crippen LogP contribution in [-0.2, 0) is 22.8 Å². The van der Waals surface area contributed by atoms with Crippen LogP contribution in [-0.4, -0.2) is 227 Å². The van der Waals surface area contributed by atoms with E-state index >= 15 is 0 Å². The molecule has 1 unspecified atom stereocenters. The molecule has 0 aromatic heterocycles. The van der Waals surface area contributed by atoms with E-state index in [-0.39, 0.29) is 0 Å². The first kappa shape index (κ1) is 118. The Balaban J connectivity index is -0.000000269. The first-order valence-corrected chi connectivity index (χ1v) is 76.2. The van der Waals surface area contributed by atoms with Crippen LogP contribution in [0.3, 0.4) is 0 Å². The Kier molecular flexibility index (Phi) is 72.7. The predicted octanol–water partition coefficient (Wildman–Crippen LogP) is 18.4. The summed E-state index contributed by atoms with van der Waals surface area (Å²) in [6.45, 7) is 77.6. The molecule has 642 valence electrons. The van der Waals surface area contributed by atoms with Gasteiger partial charge in [-0.3, -0.25) is 0 Å². The number of rotatable bonds is 42. The molecule has 1 saturated heterocycles. The van der Waals surface area contributed by atoms with E-state index in [4.69, 9.17) is 61.9 Å². The van der Waals surface area contributed by atoms with Crippen LogP contribution in [0.15, 0.2) is 78.9 Å². The number of nitrogens with zero attached hydrogens (tertiary/aromatic N) is 1. The van der Waals surface area contributed by atoms with Crippen molar-refractivity contribution in [3.8, 4) is 5.75 Å². The number of benzene rings is 3. The second-order valence-corrected chi connectivity index (χ2v) is 92.1. The molecule has 1 atom stereocenters. The molecule has 1 aliphatic heterocycles. The van der Waals surface area contributed by atoms with Crippen molar-refractivity contribution < 1.29 is 27.5 Å². The number of ether oxygens (including phenoxy) is 3. The van der Waals surface area contributed by atoms with E-state index < -0.39 is 81.5 Å². The lowest BCUT2D eigenvalue weighted by Crippen LogP contribution is -2.42. The third-order valence-electron chi connectivity index (χ3n) is 16.5. The van der Waals surface area contributed by atoms with E-state index in [1.54, 1.807) is 28.4 Å². The van der Waals surface area contributed by atoms with Gasteiger partial charge in [0.1, 0.15) is 11.9 Å². The summed E-state index contributed by atoms with van der Waals surface area (Å²) < 4.78 is 31.1. The zero-order valence-corrected chi connectivity index (χ0v) is 87.7. The smallest absolute Gasteiger partial charge is 0.497 e. The molecule has 0 spiro atoms. The minimum atomic E-state index is -2.32. The summed E-state index contributed by atoms with van der Waals surface area (Å²) in [4.78, 5) is 2.26. The number of anilines is 2.